The van der Waals surface area contributed by atoms with Gasteiger partial charge in [-0.15, -0.1) is 0 Å². The lowest BCUT2D eigenvalue weighted by molar-refractivity contribution is -0.132. The molecule has 0 aliphatic heterocycles. The topological polar surface area (TPSA) is 35.5 Å². The first kappa shape index (κ1) is 10.6. The number of carbonyl (C=O) groups is 1. The van der Waals surface area contributed by atoms with Gasteiger partial charge in [-0.1, -0.05) is 13.3 Å². The van der Waals surface area contributed by atoms with Gasteiger partial charge in [0.25, 0.3) is 0 Å². The maximum Gasteiger partial charge on any atom is 0.187 e. The number of Topliss-reactive ketones (excluding diaryl/α,β-unsaturated/α-hetero) is 1. The Labute approximate surface area is 67.7 Å². The lowest BCUT2D eigenvalue weighted by atomic mass is 10.1. The summed E-state index contributed by atoms with van der Waals surface area (Å²) in [5.41, 5.74) is 0. The molecule has 0 heterocycles. The van der Waals surface area contributed by atoms with Crippen LogP contribution in [0.25, 0.3) is 0 Å². The number of hydrogen-bond donors (Lipinski definition) is 0. The molecule has 11 heavy (non-hydrogen) atoms. The Hall–Kier alpha value is -0.410. The Morgan fingerprint density at radius 2 is 2.09 bits per heavy atom. The molecule has 0 rings (SSSR count). The van der Waals surface area contributed by atoms with Gasteiger partial charge >= 0.3 is 0 Å². The zero-order chi connectivity index (χ0) is 8.69. The molecule has 1 atom stereocenters. The predicted octanol–water partition coefficient (Wildman–Crippen LogP) is 1.02. The lowest BCUT2D eigenvalue weighted by Crippen LogP contribution is -2.26. The van der Waals surface area contributed by atoms with Gasteiger partial charge in [-0.25, -0.2) is 0 Å². The van der Waals surface area contributed by atoms with Crippen molar-refractivity contribution < 1.29 is 14.3 Å². The van der Waals surface area contributed by atoms with E-state index in [4.69, 9.17) is 9.47 Å². The maximum atomic E-state index is 11.1. The highest BCUT2D eigenvalue weighted by Gasteiger charge is 2.15. The monoisotopic (exact) mass is 160 g/mol. The average molecular weight is 160 g/mol. The molecule has 0 N–H and O–H groups in total. The van der Waals surface area contributed by atoms with Crippen LogP contribution in [0.5, 0.6) is 0 Å². The molecule has 66 valence electrons. The van der Waals surface area contributed by atoms with E-state index in [-0.39, 0.29) is 18.5 Å². The third-order valence-electron chi connectivity index (χ3n) is 1.48. The number of ether oxygens (including phenoxy) is 2. The van der Waals surface area contributed by atoms with Gasteiger partial charge < -0.3 is 9.47 Å². The highest BCUT2D eigenvalue weighted by Crippen LogP contribution is 2.01. The van der Waals surface area contributed by atoms with Gasteiger partial charge in [0.1, 0.15) is 12.7 Å². The number of hydrogen-bond acceptors (Lipinski definition) is 3. The van der Waals surface area contributed by atoms with Crippen molar-refractivity contribution in [1.29, 1.82) is 0 Å². The van der Waals surface area contributed by atoms with Crippen LogP contribution in [-0.4, -0.2) is 32.7 Å². The van der Waals surface area contributed by atoms with E-state index in [1.807, 2.05) is 6.92 Å². The Morgan fingerprint density at radius 1 is 1.45 bits per heavy atom. The summed E-state index contributed by atoms with van der Waals surface area (Å²) >= 11 is 0. The van der Waals surface area contributed by atoms with Gasteiger partial charge in [-0.3, -0.25) is 4.79 Å². The molecular formula is C8H16O3. The Bertz CT molecular complexity index is 112. The van der Waals surface area contributed by atoms with Gasteiger partial charge in [0, 0.05) is 14.2 Å². The molecule has 3 heteroatoms. The Balaban J connectivity index is 3.71. The fourth-order valence-corrected chi connectivity index (χ4v) is 0.908. The molecular weight excluding hydrogens is 144 g/mol. The fraction of sp³-hybridized carbons (Fsp3) is 0.875. The normalized spacial score (nSPS) is 13.0. The number of rotatable bonds is 6. The summed E-state index contributed by atoms with van der Waals surface area (Å²) in [5.74, 6) is 0.0249. The first-order chi connectivity index (χ1) is 5.26. The number of methoxy groups -OCH3 is 2. The summed E-state index contributed by atoms with van der Waals surface area (Å²) in [6, 6.07) is 0. The van der Waals surface area contributed by atoms with E-state index in [9.17, 15) is 4.79 Å². The van der Waals surface area contributed by atoms with E-state index in [1.165, 1.54) is 7.11 Å². The third kappa shape index (κ3) is 4.11. The van der Waals surface area contributed by atoms with Crippen molar-refractivity contribution >= 4 is 5.78 Å². The van der Waals surface area contributed by atoms with Crippen molar-refractivity contribution in [1.82, 2.24) is 0 Å². The van der Waals surface area contributed by atoms with Crippen LogP contribution < -0.4 is 0 Å². The maximum absolute atomic E-state index is 11.1. The van der Waals surface area contributed by atoms with Crippen LogP contribution in [0, 0.1) is 0 Å². The first-order valence-corrected chi connectivity index (χ1v) is 3.80. The van der Waals surface area contributed by atoms with Crippen LogP contribution in [0.2, 0.25) is 0 Å². The summed E-state index contributed by atoms with van der Waals surface area (Å²) in [4.78, 5) is 11.1. The van der Waals surface area contributed by atoms with Crippen molar-refractivity contribution in [2.24, 2.45) is 0 Å². The van der Waals surface area contributed by atoms with Gasteiger partial charge in [0.15, 0.2) is 5.78 Å². The van der Waals surface area contributed by atoms with Crippen molar-refractivity contribution in [3.63, 3.8) is 0 Å². The zero-order valence-electron chi connectivity index (χ0n) is 7.42. The Morgan fingerprint density at radius 3 is 2.45 bits per heavy atom. The van der Waals surface area contributed by atoms with Crippen molar-refractivity contribution in [2.45, 2.75) is 25.9 Å². The summed E-state index contributed by atoms with van der Waals surface area (Å²) in [5, 5.41) is 0. The molecule has 3 nitrogen and oxygen atoms in total. The van der Waals surface area contributed by atoms with Gasteiger partial charge in [-0.05, 0) is 6.42 Å². The molecule has 0 radical (unpaired) electrons. The van der Waals surface area contributed by atoms with E-state index >= 15 is 0 Å². The zero-order valence-corrected chi connectivity index (χ0v) is 7.42. The van der Waals surface area contributed by atoms with E-state index < -0.39 is 0 Å². The molecule has 0 saturated heterocycles. The van der Waals surface area contributed by atoms with E-state index in [0.717, 1.165) is 12.8 Å². The molecule has 0 aliphatic rings. The van der Waals surface area contributed by atoms with Crippen LogP contribution in [0.15, 0.2) is 0 Å². The number of carbonyl (C=O) groups excluding carboxylic acids is 1. The molecule has 1 unspecified atom stereocenters. The third-order valence-corrected chi connectivity index (χ3v) is 1.48. The molecule has 0 aromatic heterocycles. The summed E-state index contributed by atoms with van der Waals surface area (Å²) in [6.45, 7) is 2.17. The quantitative estimate of drug-likeness (QED) is 0.582. The largest absolute Gasteiger partial charge is 0.377 e. The minimum atomic E-state index is -0.278. The van der Waals surface area contributed by atoms with Crippen LogP contribution in [0.3, 0.4) is 0 Å². The van der Waals surface area contributed by atoms with Gasteiger partial charge in [0.05, 0.1) is 0 Å². The highest BCUT2D eigenvalue weighted by atomic mass is 16.5. The predicted molar refractivity (Wildman–Crippen MR) is 42.6 cm³/mol. The molecule has 0 aliphatic carbocycles. The minimum absolute atomic E-state index is 0.0249. The standard InChI is InChI=1S/C8H16O3/c1-4-5-8(11-3)7(9)6-10-2/h8H,4-6H2,1-3H3. The summed E-state index contributed by atoms with van der Waals surface area (Å²) in [6.07, 6.45) is 1.45. The molecule has 0 amide bonds. The smallest absolute Gasteiger partial charge is 0.187 e. The molecule has 0 bridgehead atoms. The lowest BCUT2D eigenvalue weighted by Gasteiger charge is -2.11. The second kappa shape index (κ2) is 6.31. The molecule has 0 fully saturated rings. The number of ketones is 1. The van der Waals surface area contributed by atoms with Crippen molar-refractivity contribution in [3.05, 3.63) is 0 Å². The van der Waals surface area contributed by atoms with Crippen molar-refractivity contribution in [3.8, 4) is 0 Å². The molecule has 0 saturated carbocycles. The van der Waals surface area contributed by atoms with Crippen LogP contribution in [0.1, 0.15) is 19.8 Å². The fourth-order valence-electron chi connectivity index (χ4n) is 0.908. The average Bonchev–Trinajstić information content (AvgIpc) is 2.00. The highest BCUT2D eigenvalue weighted by molar-refractivity contribution is 5.84. The van der Waals surface area contributed by atoms with Crippen LogP contribution in [-0.2, 0) is 14.3 Å². The van der Waals surface area contributed by atoms with Gasteiger partial charge in [-0.2, -0.15) is 0 Å². The van der Waals surface area contributed by atoms with Crippen LogP contribution >= 0.6 is 0 Å². The molecule has 0 spiro atoms. The minimum Gasteiger partial charge on any atom is -0.377 e. The Kier molecular flexibility index (Phi) is 6.07. The van der Waals surface area contributed by atoms with E-state index in [2.05, 4.69) is 0 Å². The van der Waals surface area contributed by atoms with E-state index in [1.54, 1.807) is 7.11 Å². The second-order valence-corrected chi connectivity index (χ2v) is 2.41. The SMILES string of the molecule is CCCC(OC)C(=O)COC. The van der Waals surface area contributed by atoms with Gasteiger partial charge in [0.2, 0.25) is 0 Å². The molecule has 0 aromatic carbocycles. The van der Waals surface area contributed by atoms with Crippen molar-refractivity contribution in [2.75, 3.05) is 20.8 Å². The van der Waals surface area contributed by atoms with E-state index in [0.29, 0.717) is 0 Å². The second-order valence-electron chi connectivity index (χ2n) is 2.41. The first-order valence-electron chi connectivity index (χ1n) is 3.80. The summed E-state index contributed by atoms with van der Waals surface area (Å²) < 4.78 is 9.68. The van der Waals surface area contributed by atoms with Crippen LogP contribution in [0.4, 0.5) is 0 Å². The summed E-state index contributed by atoms with van der Waals surface area (Å²) in [7, 11) is 3.06. The molecule has 0 aromatic rings.